The molecule has 0 spiro atoms. The number of piperidine rings is 1. The van der Waals surface area contributed by atoms with E-state index in [1.807, 2.05) is 4.90 Å². The quantitative estimate of drug-likeness (QED) is 0.709. The summed E-state index contributed by atoms with van der Waals surface area (Å²) in [5.74, 6) is 1.09. The summed E-state index contributed by atoms with van der Waals surface area (Å²) in [7, 11) is 0. The molecular weight excluding hydrogens is 262 g/mol. The third-order valence-electron chi connectivity index (χ3n) is 4.40. The van der Waals surface area contributed by atoms with Gasteiger partial charge in [0.1, 0.15) is 0 Å². The van der Waals surface area contributed by atoms with Crippen LogP contribution in [-0.4, -0.2) is 61.0 Å². The number of likely N-dealkylation sites (tertiary alicyclic amines) is 1. The minimum atomic E-state index is 0.315. The highest BCUT2D eigenvalue weighted by atomic mass is 16.2. The second kappa shape index (κ2) is 10.2. The zero-order chi connectivity index (χ0) is 15.7. The monoisotopic (exact) mass is 297 g/mol. The van der Waals surface area contributed by atoms with E-state index in [-0.39, 0.29) is 0 Å². The zero-order valence-electron chi connectivity index (χ0n) is 14.5. The Labute approximate surface area is 131 Å². The number of rotatable bonds is 9. The standard InChI is InChI=1S/C17H35N3O/c1-5-20(6-2)17(21)10-8-12-19-11-7-9-16(14-19)13-18-15(3)4/h15-16,18H,5-14H2,1-4H3. The fraction of sp³-hybridized carbons (Fsp3) is 0.941. The van der Waals surface area contributed by atoms with Crippen molar-refractivity contribution in [2.24, 2.45) is 5.92 Å². The van der Waals surface area contributed by atoms with Crippen molar-refractivity contribution in [3.05, 3.63) is 0 Å². The van der Waals surface area contributed by atoms with Crippen molar-refractivity contribution in [1.82, 2.24) is 15.1 Å². The zero-order valence-corrected chi connectivity index (χ0v) is 14.5. The van der Waals surface area contributed by atoms with Gasteiger partial charge in [-0.2, -0.15) is 0 Å². The van der Waals surface area contributed by atoms with E-state index >= 15 is 0 Å². The third-order valence-corrected chi connectivity index (χ3v) is 4.40. The minimum absolute atomic E-state index is 0.315. The molecule has 0 aromatic heterocycles. The summed E-state index contributed by atoms with van der Waals surface area (Å²) in [6.07, 6.45) is 4.34. The van der Waals surface area contributed by atoms with Crippen LogP contribution in [-0.2, 0) is 4.79 Å². The lowest BCUT2D eigenvalue weighted by atomic mass is 9.97. The predicted molar refractivity (Wildman–Crippen MR) is 89.5 cm³/mol. The Morgan fingerprint density at radius 3 is 2.67 bits per heavy atom. The molecule has 4 heteroatoms. The first-order valence-electron chi connectivity index (χ1n) is 8.80. The fourth-order valence-electron chi connectivity index (χ4n) is 3.11. The normalized spacial score (nSPS) is 20.0. The average molecular weight is 297 g/mol. The number of nitrogens with one attached hydrogen (secondary N) is 1. The van der Waals surface area contributed by atoms with Crippen molar-refractivity contribution in [2.45, 2.75) is 59.4 Å². The first-order chi connectivity index (χ1) is 10.1. The molecule has 1 heterocycles. The van der Waals surface area contributed by atoms with Crippen LogP contribution in [0.15, 0.2) is 0 Å². The van der Waals surface area contributed by atoms with Gasteiger partial charge < -0.3 is 15.1 Å². The Morgan fingerprint density at radius 2 is 2.05 bits per heavy atom. The van der Waals surface area contributed by atoms with Crippen molar-refractivity contribution in [3.63, 3.8) is 0 Å². The SMILES string of the molecule is CCN(CC)C(=O)CCCN1CCCC(CNC(C)C)C1. The maximum atomic E-state index is 12.0. The summed E-state index contributed by atoms with van der Waals surface area (Å²) in [5, 5.41) is 3.55. The van der Waals surface area contributed by atoms with Crippen LogP contribution >= 0.6 is 0 Å². The van der Waals surface area contributed by atoms with Gasteiger partial charge in [-0.25, -0.2) is 0 Å². The highest BCUT2D eigenvalue weighted by molar-refractivity contribution is 5.76. The van der Waals surface area contributed by atoms with Crippen LogP contribution < -0.4 is 5.32 Å². The Kier molecular flexibility index (Phi) is 8.93. The van der Waals surface area contributed by atoms with Crippen molar-refractivity contribution in [3.8, 4) is 0 Å². The molecule has 124 valence electrons. The Balaban J connectivity index is 2.21. The summed E-state index contributed by atoms with van der Waals surface area (Å²) in [5.41, 5.74) is 0. The smallest absolute Gasteiger partial charge is 0.222 e. The number of carbonyl (C=O) groups is 1. The lowest BCUT2D eigenvalue weighted by molar-refractivity contribution is -0.131. The molecule has 0 bridgehead atoms. The van der Waals surface area contributed by atoms with E-state index in [2.05, 4.69) is 37.9 Å². The average Bonchev–Trinajstić information content (AvgIpc) is 2.47. The molecule has 4 nitrogen and oxygen atoms in total. The summed E-state index contributed by atoms with van der Waals surface area (Å²) in [6, 6.07) is 0.576. The molecule has 1 aliphatic rings. The van der Waals surface area contributed by atoms with E-state index < -0.39 is 0 Å². The van der Waals surface area contributed by atoms with Gasteiger partial charge in [0.05, 0.1) is 0 Å². The maximum Gasteiger partial charge on any atom is 0.222 e. The highest BCUT2D eigenvalue weighted by Crippen LogP contribution is 2.16. The Morgan fingerprint density at radius 1 is 1.33 bits per heavy atom. The highest BCUT2D eigenvalue weighted by Gasteiger charge is 2.20. The molecule has 0 aromatic carbocycles. The van der Waals surface area contributed by atoms with E-state index in [4.69, 9.17) is 0 Å². The lowest BCUT2D eigenvalue weighted by Gasteiger charge is -2.33. The number of amides is 1. The Hall–Kier alpha value is -0.610. The molecule has 1 aliphatic heterocycles. The third kappa shape index (κ3) is 7.28. The second-order valence-corrected chi connectivity index (χ2v) is 6.54. The van der Waals surface area contributed by atoms with Gasteiger partial charge in [0.2, 0.25) is 5.91 Å². The summed E-state index contributed by atoms with van der Waals surface area (Å²) in [4.78, 5) is 16.5. The van der Waals surface area contributed by atoms with E-state index in [0.717, 1.165) is 38.5 Å². The minimum Gasteiger partial charge on any atom is -0.343 e. The van der Waals surface area contributed by atoms with Crippen LogP contribution in [0.1, 0.15) is 53.4 Å². The van der Waals surface area contributed by atoms with Gasteiger partial charge in [0.25, 0.3) is 0 Å². The van der Waals surface area contributed by atoms with Crippen molar-refractivity contribution in [1.29, 1.82) is 0 Å². The molecule has 1 atom stereocenters. The van der Waals surface area contributed by atoms with Gasteiger partial charge in [0.15, 0.2) is 0 Å². The molecule has 0 aromatic rings. The van der Waals surface area contributed by atoms with Crippen molar-refractivity contribution >= 4 is 5.91 Å². The van der Waals surface area contributed by atoms with E-state index in [1.165, 1.54) is 25.9 Å². The molecular formula is C17H35N3O. The topological polar surface area (TPSA) is 35.6 Å². The molecule has 1 unspecified atom stereocenters. The van der Waals surface area contributed by atoms with Crippen LogP contribution in [0.4, 0.5) is 0 Å². The van der Waals surface area contributed by atoms with Gasteiger partial charge in [0, 0.05) is 32.1 Å². The first-order valence-corrected chi connectivity index (χ1v) is 8.80. The van der Waals surface area contributed by atoms with Gasteiger partial charge in [-0.1, -0.05) is 13.8 Å². The molecule has 1 amide bonds. The first kappa shape index (κ1) is 18.4. The predicted octanol–water partition coefficient (Wildman–Crippen LogP) is 2.34. The molecule has 0 saturated carbocycles. The number of carbonyl (C=O) groups excluding carboxylic acids is 1. The molecule has 0 aliphatic carbocycles. The second-order valence-electron chi connectivity index (χ2n) is 6.54. The van der Waals surface area contributed by atoms with E-state index in [9.17, 15) is 4.79 Å². The van der Waals surface area contributed by atoms with E-state index in [1.54, 1.807) is 0 Å². The van der Waals surface area contributed by atoms with Crippen LogP contribution in [0.3, 0.4) is 0 Å². The van der Waals surface area contributed by atoms with E-state index in [0.29, 0.717) is 18.4 Å². The maximum absolute atomic E-state index is 12.0. The molecule has 0 radical (unpaired) electrons. The molecule has 1 N–H and O–H groups in total. The van der Waals surface area contributed by atoms with Crippen LogP contribution in [0, 0.1) is 5.92 Å². The van der Waals surface area contributed by atoms with Crippen LogP contribution in [0.25, 0.3) is 0 Å². The summed E-state index contributed by atoms with van der Waals surface area (Å²) < 4.78 is 0. The Bertz CT molecular complexity index is 290. The number of hydrogen-bond donors (Lipinski definition) is 1. The fourth-order valence-corrected chi connectivity index (χ4v) is 3.11. The molecule has 1 rings (SSSR count). The van der Waals surface area contributed by atoms with Gasteiger partial charge in [-0.05, 0) is 58.7 Å². The number of hydrogen-bond acceptors (Lipinski definition) is 3. The van der Waals surface area contributed by atoms with Gasteiger partial charge in [-0.3, -0.25) is 4.79 Å². The van der Waals surface area contributed by atoms with Crippen molar-refractivity contribution < 1.29 is 4.79 Å². The molecule has 1 saturated heterocycles. The largest absolute Gasteiger partial charge is 0.343 e. The lowest BCUT2D eigenvalue weighted by Crippen LogP contribution is -2.41. The van der Waals surface area contributed by atoms with Gasteiger partial charge >= 0.3 is 0 Å². The molecule has 1 fully saturated rings. The van der Waals surface area contributed by atoms with Gasteiger partial charge in [-0.15, -0.1) is 0 Å². The van der Waals surface area contributed by atoms with Crippen molar-refractivity contribution in [2.75, 3.05) is 39.3 Å². The molecule has 21 heavy (non-hydrogen) atoms. The summed E-state index contributed by atoms with van der Waals surface area (Å²) in [6.45, 7) is 14.8. The summed E-state index contributed by atoms with van der Waals surface area (Å²) >= 11 is 0. The van der Waals surface area contributed by atoms with Crippen LogP contribution in [0.5, 0.6) is 0 Å². The number of nitrogens with zero attached hydrogens (tertiary/aromatic N) is 2. The van der Waals surface area contributed by atoms with Crippen LogP contribution in [0.2, 0.25) is 0 Å².